The highest BCUT2D eigenvalue weighted by Gasteiger charge is 2.63. The smallest absolute Gasteiger partial charge is 0.310 e. The van der Waals surface area contributed by atoms with E-state index in [0.29, 0.717) is 11.3 Å². The second-order valence-electron chi connectivity index (χ2n) is 8.75. The lowest BCUT2D eigenvalue weighted by molar-refractivity contribution is -0.145. The first-order chi connectivity index (χ1) is 14.4. The molecule has 3 fully saturated rings. The Hall–Kier alpha value is -3.15. The summed E-state index contributed by atoms with van der Waals surface area (Å²) in [6.07, 6.45) is 1.68. The molecule has 5 atom stereocenters. The van der Waals surface area contributed by atoms with Gasteiger partial charge in [-0.05, 0) is 74.1 Å². The van der Waals surface area contributed by atoms with Crippen LogP contribution >= 0.6 is 0 Å². The maximum absolute atomic E-state index is 13.0. The van der Waals surface area contributed by atoms with Gasteiger partial charge in [-0.3, -0.25) is 14.4 Å². The molecule has 2 N–H and O–H groups in total. The van der Waals surface area contributed by atoms with E-state index >= 15 is 0 Å². The molecule has 2 amide bonds. The van der Waals surface area contributed by atoms with E-state index in [4.69, 9.17) is 4.74 Å². The maximum atomic E-state index is 13.0. The van der Waals surface area contributed by atoms with Gasteiger partial charge in [0.15, 0.2) is 0 Å². The fourth-order valence-electron chi connectivity index (χ4n) is 5.35. The topological polar surface area (TPSA) is 84.5 Å². The number of ether oxygens (including phenoxy) is 1. The predicted octanol–water partition coefficient (Wildman–Crippen LogP) is 3.69. The number of hydrogen-bond donors (Lipinski definition) is 2. The fourth-order valence-corrected chi connectivity index (χ4v) is 5.35. The molecule has 154 valence electrons. The minimum Gasteiger partial charge on any atom is -0.462 e. The summed E-state index contributed by atoms with van der Waals surface area (Å²) in [5.41, 5.74) is 4.01. The lowest BCUT2D eigenvalue weighted by atomic mass is 9.79. The molecule has 5 rings (SSSR count). The molecule has 2 aliphatic carbocycles. The number of aryl methyl sites for hydroxylation is 2. The Bertz CT molecular complexity index is 1060. The van der Waals surface area contributed by atoms with Gasteiger partial charge in [0, 0.05) is 22.9 Å². The summed E-state index contributed by atoms with van der Waals surface area (Å²) in [4.78, 5) is 37.8. The van der Waals surface area contributed by atoms with Crippen LogP contribution in [0.25, 0.3) is 0 Å². The van der Waals surface area contributed by atoms with Gasteiger partial charge in [0.1, 0.15) is 6.10 Å². The molecular weight excluding hydrogens is 380 g/mol. The van der Waals surface area contributed by atoms with Crippen LogP contribution in [0.1, 0.15) is 34.3 Å². The van der Waals surface area contributed by atoms with Crippen LogP contribution in [0, 0.1) is 37.5 Å². The van der Waals surface area contributed by atoms with E-state index in [9.17, 15) is 14.4 Å². The number of rotatable bonds is 4. The van der Waals surface area contributed by atoms with Crippen molar-refractivity contribution in [2.45, 2.75) is 32.8 Å². The lowest BCUT2D eigenvalue weighted by Crippen LogP contribution is -2.35. The minimum atomic E-state index is -0.339. The number of carbonyl (C=O) groups excluding carboxylic acids is 3. The quantitative estimate of drug-likeness (QED) is 0.761. The molecule has 0 unspecified atom stereocenters. The van der Waals surface area contributed by atoms with Crippen molar-refractivity contribution in [3.63, 3.8) is 0 Å². The van der Waals surface area contributed by atoms with Crippen molar-refractivity contribution in [3.8, 4) is 0 Å². The maximum Gasteiger partial charge on any atom is 0.310 e. The van der Waals surface area contributed by atoms with Crippen LogP contribution in [0.3, 0.4) is 0 Å². The van der Waals surface area contributed by atoms with Crippen LogP contribution in [-0.2, 0) is 14.3 Å². The number of anilines is 2. The Labute approximate surface area is 175 Å². The molecule has 6 heteroatoms. The number of amides is 2. The molecule has 3 aliphatic rings. The summed E-state index contributed by atoms with van der Waals surface area (Å²) in [5, 5.41) is 5.82. The van der Waals surface area contributed by atoms with Gasteiger partial charge in [-0.25, -0.2) is 0 Å². The van der Waals surface area contributed by atoms with Crippen LogP contribution in [0.5, 0.6) is 0 Å². The Morgan fingerprint density at radius 3 is 2.57 bits per heavy atom. The van der Waals surface area contributed by atoms with E-state index in [2.05, 4.69) is 10.6 Å². The molecule has 0 aromatic heterocycles. The van der Waals surface area contributed by atoms with E-state index < -0.39 is 0 Å². The fraction of sp³-hybridized carbons (Fsp3) is 0.375. The number of benzene rings is 2. The first-order valence-electron chi connectivity index (χ1n) is 10.4. The largest absolute Gasteiger partial charge is 0.462 e. The van der Waals surface area contributed by atoms with Crippen LogP contribution in [0.4, 0.5) is 11.4 Å². The molecule has 2 aromatic carbocycles. The van der Waals surface area contributed by atoms with Gasteiger partial charge < -0.3 is 15.4 Å². The van der Waals surface area contributed by atoms with Gasteiger partial charge in [0.2, 0.25) is 5.91 Å². The number of esters is 1. The standard InChI is InChI=1S/C24H24N2O4/c1-12-6-7-17(8-13(12)2)25-22(27)14-4-3-5-16(9-14)26-23(28)20-15-10-18-19(11-15)30-24(29)21(18)20/h3-9,15,18-21H,10-11H2,1-2H3,(H,25,27)(H,26,28)/t15-,18+,19-,20-,21-/m1/s1. The first-order valence-corrected chi connectivity index (χ1v) is 10.4. The van der Waals surface area contributed by atoms with Gasteiger partial charge in [-0.2, -0.15) is 0 Å². The summed E-state index contributed by atoms with van der Waals surface area (Å²) >= 11 is 0. The molecule has 1 heterocycles. The summed E-state index contributed by atoms with van der Waals surface area (Å²) in [6.45, 7) is 4.02. The molecule has 2 bridgehead atoms. The molecule has 1 aliphatic heterocycles. The van der Waals surface area contributed by atoms with E-state index in [1.54, 1.807) is 24.3 Å². The van der Waals surface area contributed by atoms with Gasteiger partial charge in [0.05, 0.1) is 11.8 Å². The normalized spacial score (nSPS) is 28.3. The molecule has 2 saturated carbocycles. The lowest BCUT2D eigenvalue weighted by Gasteiger charge is -2.23. The van der Waals surface area contributed by atoms with Gasteiger partial charge in [-0.15, -0.1) is 0 Å². The summed E-state index contributed by atoms with van der Waals surface area (Å²) in [5.74, 6) is -0.889. The molecule has 0 spiro atoms. The third kappa shape index (κ3) is 3.07. The first kappa shape index (κ1) is 18.9. The zero-order valence-corrected chi connectivity index (χ0v) is 17.0. The van der Waals surface area contributed by atoms with Crippen molar-refractivity contribution in [1.82, 2.24) is 0 Å². The number of fused-ring (bicyclic) bond motifs is 1. The Morgan fingerprint density at radius 1 is 0.967 bits per heavy atom. The van der Waals surface area contributed by atoms with Crippen molar-refractivity contribution in [2.75, 3.05) is 10.6 Å². The van der Waals surface area contributed by atoms with Crippen LogP contribution in [0.2, 0.25) is 0 Å². The zero-order chi connectivity index (χ0) is 21.0. The molecule has 2 aromatic rings. The van der Waals surface area contributed by atoms with E-state index in [1.165, 1.54) is 0 Å². The molecule has 30 heavy (non-hydrogen) atoms. The molecule has 1 saturated heterocycles. The Balaban J connectivity index is 1.29. The molecule has 0 radical (unpaired) electrons. The van der Waals surface area contributed by atoms with Crippen molar-refractivity contribution < 1.29 is 19.1 Å². The van der Waals surface area contributed by atoms with Crippen LogP contribution < -0.4 is 10.6 Å². The molecular formula is C24H24N2O4. The summed E-state index contributed by atoms with van der Waals surface area (Å²) < 4.78 is 5.42. The summed E-state index contributed by atoms with van der Waals surface area (Å²) in [7, 11) is 0. The summed E-state index contributed by atoms with van der Waals surface area (Å²) in [6, 6.07) is 12.6. The van der Waals surface area contributed by atoms with Crippen LogP contribution in [0.15, 0.2) is 42.5 Å². The third-order valence-corrected chi connectivity index (χ3v) is 6.94. The highest BCUT2D eigenvalue weighted by Crippen LogP contribution is 2.57. The number of carbonyl (C=O) groups is 3. The minimum absolute atomic E-state index is 0.00832. The average Bonchev–Trinajstić information content (AvgIpc) is 3.33. The van der Waals surface area contributed by atoms with Gasteiger partial charge in [0.25, 0.3) is 5.91 Å². The predicted molar refractivity (Wildman–Crippen MR) is 112 cm³/mol. The van der Waals surface area contributed by atoms with Crippen molar-refractivity contribution in [3.05, 3.63) is 59.2 Å². The monoisotopic (exact) mass is 404 g/mol. The van der Waals surface area contributed by atoms with Crippen molar-refractivity contribution >= 4 is 29.2 Å². The SMILES string of the molecule is Cc1ccc(NC(=O)c2cccc(NC(=O)[C@@H]3[C@@H]4C[C@@H]5[C@H]3C(=O)O[C@@H]5C4)c2)cc1C. The highest BCUT2D eigenvalue weighted by atomic mass is 16.6. The van der Waals surface area contributed by atoms with Crippen LogP contribution in [-0.4, -0.2) is 23.9 Å². The van der Waals surface area contributed by atoms with E-state index in [1.807, 2.05) is 32.0 Å². The second kappa shape index (κ2) is 6.97. The highest BCUT2D eigenvalue weighted by molar-refractivity contribution is 6.05. The van der Waals surface area contributed by atoms with E-state index in [0.717, 1.165) is 29.7 Å². The zero-order valence-electron chi connectivity index (χ0n) is 17.0. The Kier molecular flexibility index (Phi) is 4.38. The van der Waals surface area contributed by atoms with Crippen molar-refractivity contribution in [2.24, 2.45) is 23.7 Å². The van der Waals surface area contributed by atoms with Crippen molar-refractivity contribution in [1.29, 1.82) is 0 Å². The van der Waals surface area contributed by atoms with Gasteiger partial charge >= 0.3 is 5.97 Å². The average molecular weight is 404 g/mol. The second-order valence-corrected chi connectivity index (χ2v) is 8.75. The van der Waals surface area contributed by atoms with E-state index in [-0.39, 0.29) is 47.6 Å². The number of hydrogen-bond acceptors (Lipinski definition) is 4. The number of nitrogens with one attached hydrogen (secondary N) is 2. The van der Waals surface area contributed by atoms with Gasteiger partial charge in [-0.1, -0.05) is 12.1 Å². The Morgan fingerprint density at radius 2 is 1.77 bits per heavy atom. The third-order valence-electron chi connectivity index (χ3n) is 6.94. The molecule has 6 nitrogen and oxygen atoms in total.